The van der Waals surface area contributed by atoms with Gasteiger partial charge in [-0.3, -0.25) is 0 Å². The summed E-state index contributed by atoms with van der Waals surface area (Å²) in [7, 11) is 1.69. The van der Waals surface area contributed by atoms with Crippen molar-refractivity contribution in [3.8, 4) is 5.75 Å². The molecule has 0 aliphatic rings. The summed E-state index contributed by atoms with van der Waals surface area (Å²) < 4.78 is 5.36. The number of benzene rings is 1. The number of hydrogen-bond acceptors (Lipinski definition) is 2. The van der Waals surface area contributed by atoms with E-state index in [4.69, 9.17) is 16.3 Å². The molecular weight excluding hydrogens is 224 g/mol. The van der Waals surface area contributed by atoms with E-state index in [0.29, 0.717) is 5.88 Å². The molecule has 0 spiro atoms. The Labute approximate surface area is 99.8 Å². The molecule has 3 nitrogen and oxygen atoms in total. The Hall–Kier alpha value is -1.22. The molecule has 1 aromatic heterocycles. The van der Waals surface area contributed by atoms with Crippen LogP contribution >= 0.6 is 11.6 Å². The van der Waals surface area contributed by atoms with Crippen molar-refractivity contribution in [2.24, 2.45) is 0 Å². The molecule has 0 saturated carbocycles. The molecule has 1 heterocycles. The van der Waals surface area contributed by atoms with Gasteiger partial charge in [-0.25, -0.2) is 4.98 Å². The maximum atomic E-state index is 5.78. The molecule has 86 valence electrons. The molecule has 1 N–H and O–H groups in total. The lowest BCUT2D eigenvalue weighted by atomic mass is 10.1. The first-order valence-corrected chi connectivity index (χ1v) is 5.94. The number of H-pyrrole nitrogens is 1. The van der Waals surface area contributed by atoms with Crippen molar-refractivity contribution in [1.29, 1.82) is 0 Å². The Bertz CT molecular complexity index is 493. The Kier molecular flexibility index (Phi) is 3.34. The first-order chi connectivity index (χ1) is 7.80. The average molecular weight is 239 g/mol. The molecular formula is C12H15ClN2O. The third-order valence-corrected chi connectivity index (χ3v) is 2.87. The van der Waals surface area contributed by atoms with Gasteiger partial charge < -0.3 is 9.72 Å². The largest absolute Gasteiger partial charge is 0.496 e. The second-order valence-electron chi connectivity index (χ2n) is 3.71. The summed E-state index contributed by atoms with van der Waals surface area (Å²) >= 11 is 5.78. The van der Waals surface area contributed by atoms with Crippen LogP contribution in [-0.2, 0) is 12.3 Å². The van der Waals surface area contributed by atoms with Crippen LogP contribution in [0.1, 0.15) is 24.7 Å². The van der Waals surface area contributed by atoms with Crippen molar-refractivity contribution >= 4 is 22.6 Å². The highest BCUT2D eigenvalue weighted by Crippen LogP contribution is 2.27. The van der Waals surface area contributed by atoms with E-state index >= 15 is 0 Å². The second-order valence-corrected chi connectivity index (χ2v) is 3.98. The zero-order valence-corrected chi connectivity index (χ0v) is 10.3. The summed E-state index contributed by atoms with van der Waals surface area (Å²) in [5, 5.41) is 0. The minimum absolute atomic E-state index is 0.405. The quantitative estimate of drug-likeness (QED) is 0.831. The Morgan fingerprint density at radius 2 is 2.25 bits per heavy atom. The van der Waals surface area contributed by atoms with Crippen molar-refractivity contribution < 1.29 is 4.74 Å². The van der Waals surface area contributed by atoms with Crippen molar-refractivity contribution in [2.45, 2.75) is 25.6 Å². The SMILES string of the molecule is CCCc1c(OC)ccc2[nH]c(CCl)nc12. The fourth-order valence-corrected chi connectivity index (χ4v) is 2.04. The van der Waals surface area contributed by atoms with Crippen LogP contribution in [0.25, 0.3) is 11.0 Å². The molecule has 0 bridgehead atoms. The lowest BCUT2D eigenvalue weighted by molar-refractivity contribution is 0.410. The molecule has 1 aromatic carbocycles. The van der Waals surface area contributed by atoms with Crippen LogP contribution in [0.2, 0.25) is 0 Å². The molecule has 4 heteroatoms. The zero-order valence-electron chi connectivity index (χ0n) is 9.51. The van der Waals surface area contributed by atoms with E-state index in [1.165, 1.54) is 0 Å². The molecule has 0 atom stereocenters. The van der Waals surface area contributed by atoms with E-state index in [1.54, 1.807) is 7.11 Å². The number of nitrogens with zero attached hydrogens (tertiary/aromatic N) is 1. The molecule has 2 rings (SSSR count). The van der Waals surface area contributed by atoms with Gasteiger partial charge in [0.15, 0.2) is 0 Å². The van der Waals surface area contributed by atoms with Gasteiger partial charge in [0.1, 0.15) is 11.6 Å². The summed E-state index contributed by atoms with van der Waals surface area (Å²) in [6, 6.07) is 3.96. The third-order valence-electron chi connectivity index (χ3n) is 2.61. The van der Waals surface area contributed by atoms with Crippen LogP contribution in [0.4, 0.5) is 0 Å². The smallest absolute Gasteiger partial charge is 0.124 e. The van der Waals surface area contributed by atoms with Gasteiger partial charge in [-0.1, -0.05) is 13.3 Å². The Balaban J connectivity index is 2.62. The number of rotatable bonds is 4. The predicted octanol–water partition coefficient (Wildman–Crippen LogP) is 3.26. The lowest BCUT2D eigenvalue weighted by Gasteiger charge is -2.07. The predicted molar refractivity (Wildman–Crippen MR) is 66.2 cm³/mol. The van der Waals surface area contributed by atoms with Crippen molar-refractivity contribution in [2.75, 3.05) is 7.11 Å². The van der Waals surface area contributed by atoms with Gasteiger partial charge in [-0.15, -0.1) is 11.6 Å². The number of halogens is 1. The van der Waals surface area contributed by atoms with Crippen molar-refractivity contribution in [1.82, 2.24) is 9.97 Å². The number of methoxy groups -OCH3 is 1. The number of aromatic amines is 1. The van der Waals surface area contributed by atoms with Gasteiger partial charge in [-0.05, 0) is 18.6 Å². The van der Waals surface area contributed by atoms with E-state index in [0.717, 1.165) is 41.0 Å². The normalized spacial score (nSPS) is 10.9. The average Bonchev–Trinajstić information content (AvgIpc) is 2.73. The van der Waals surface area contributed by atoms with Crippen LogP contribution in [0, 0.1) is 0 Å². The highest BCUT2D eigenvalue weighted by molar-refractivity contribution is 6.16. The van der Waals surface area contributed by atoms with Crippen LogP contribution in [0.15, 0.2) is 12.1 Å². The highest BCUT2D eigenvalue weighted by atomic mass is 35.5. The van der Waals surface area contributed by atoms with Gasteiger partial charge in [0.2, 0.25) is 0 Å². The molecule has 0 unspecified atom stereocenters. The summed E-state index contributed by atoms with van der Waals surface area (Å²) in [6.07, 6.45) is 2.03. The maximum Gasteiger partial charge on any atom is 0.124 e. The number of aryl methyl sites for hydroxylation is 1. The topological polar surface area (TPSA) is 37.9 Å². The third kappa shape index (κ3) is 1.87. The minimum Gasteiger partial charge on any atom is -0.496 e. The Morgan fingerprint density at radius 1 is 1.44 bits per heavy atom. The van der Waals surface area contributed by atoms with E-state index in [-0.39, 0.29) is 0 Å². The lowest BCUT2D eigenvalue weighted by Crippen LogP contribution is -1.93. The number of alkyl halides is 1. The van der Waals surface area contributed by atoms with E-state index in [2.05, 4.69) is 16.9 Å². The van der Waals surface area contributed by atoms with Crippen molar-refractivity contribution in [3.63, 3.8) is 0 Å². The van der Waals surface area contributed by atoms with Gasteiger partial charge >= 0.3 is 0 Å². The second kappa shape index (κ2) is 4.74. The molecule has 16 heavy (non-hydrogen) atoms. The molecule has 0 fully saturated rings. The van der Waals surface area contributed by atoms with E-state index in [9.17, 15) is 0 Å². The number of hydrogen-bond donors (Lipinski definition) is 1. The molecule has 0 aliphatic carbocycles. The molecule has 0 radical (unpaired) electrons. The van der Waals surface area contributed by atoms with E-state index in [1.807, 2.05) is 12.1 Å². The number of ether oxygens (including phenoxy) is 1. The van der Waals surface area contributed by atoms with Gasteiger partial charge in [-0.2, -0.15) is 0 Å². The van der Waals surface area contributed by atoms with Crippen LogP contribution in [0.5, 0.6) is 5.75 Å². The summed E-state index contributed by atoms with van der Waals surface area (Å²) in [5.74, 6) is 2.12. The number of imidazole rings is 1. The first-order valence-electron chi connectivity index (χ1n) is 5.40. The standard InChI is InChI=1S/C12H15ClN2O/c1-3-4-8-10(16-2)6-5-9-12(8)15-11(7-13)14-9/h5-6H,3-4,7H2,1-2H3,(H,14,15). The van der Waals surface area contributed by atoms with Crippen LogP contribution in [0.3, 0.4) is 0 Å². The monoisotopic (exact) mass is 238 g/mol. The minimum atomic E-state index is 0.405. The summed E-state index contributed by atoms with van der Waals surface area (Å²) in [6.45, 7) is 2.15. The Morgan fingerprint density at radius 3 is 2.88 bits per heavy atom. The molecule has 0 amide bonds. The summed E-state index contributed by atoms with van der Waals surface area (Å²) in [5.41, 5.74) is 3.17. The first kappa shape index (κ1) is 11.3. The highest BCUT2D eigenvalue weighted by Gasteiger charge is 2.11. The number of aromatic nitrogens is 2. The maximum absolute atomic E-state index is 5.78. The molecule has 0 aliphatic heterocycles. The van der Waals surface area contributed by atoms with Gasteiger partial charge in [0, 0.05) is 5.56 Å². The van der Waals surface area contributed by atoms with Crippen LogP contribution < -0.4 is 4.74 Å². The number of nitrogens with one attached hydrogen (secondary N) is 1. The summed E-state index contributed by atoms with van der Waals surface area (Å²) in [4.78, 5) is 7.69. The number of fused-ring (bicyclic) bond motifs is 1. The van der Waals surface area contributed by atoms with Gasteiger partial charge in [0.05, 0.1) is 24.0 Å². The van der Waals surface area contributed by atoms with E-state index < -0.39 is 0 Å². The zero-order chi connectivity index (χ0) is 11.5. The van der Waals surface area contributed by atoms with Crippen LogP contribution in [-0.4, -0.2) is 17.1 Å². The van der Waals surface area contributed by atoms with Crippen molar-refractivity contribution in [3.05, 3.63) is 23.5 Å². The molecule has 0 saturated heterocycles. The molecule has 2 aromatic rings. The van der Waals surface area contributed by atoms with Gasteiger partial charge in [0.25, 0.3) is 0 Å². The fourth-order valence-electron chi connectivity index (χ4n) is 1.91. The fraction of sp³-hybridized carbons (Fsp3) is 0.417.